The summed E-state index contributed by atoms with van der Waals surface area (Å²) in [5, 5.41) is 0. The van der Waals surface area contributed by atoms with Gasteiger partial charge in [0, 0.05) is 62.2 Å². The van der Waals surface area contributed by atoms with Crippen LogP contribution in [0.5, 0.6) is 0 Å². The number of hydrogen-bond donors (Lipinski definition) is 0. The molecule has 0 atom stereocenters. The normalized spacial score (nSPS) is 9.31. The van der Waals surface area contributed by atoms with E-state index in [2.05, 4.69) is 35.8 Å². The topological polar surface area (TPSA) is 77.3 Å². The van der Waals surface area contributed by atoms with E-state index in [1.54, 1.807) is 37.2 Å². The number of pyridine rings is 6. The summed E-state index contributed by atoms with van der Waals surface area (Å²) in [7, 11) is 0. The maximum absolute atomic E-state index is 5.23. The second-order valence-corrected chi connectivity index (χ2v) is 7.65. The third kappa shape index (κ3) is 9.16. The molecule has 0 spiro atoms. The summed E-state index contributed by atoms with van der Waals surface area (Å²) in [5.41, 5.74) is 6.14. The summed E-state index contributed by atoms with van der Waals surface area (Å²) >= 11 is 0. The van der Waals surface area contributed by atoms with Crippen LogP contribution >= 0.6 is 0 Å². The van der Waals surface area contributed by atoms with Gasteiger partial charge < -0.3 is 0 Å². The molecule has 39 heavy (non-hydrogen) atoms. The van der Waals surface area contributed by atoms with Crippen LogP contribution in [0, 0.1) is 12.3 Å². The molecule has 190 valence electrons. The van der Waals surface area contributed by atoms with Crippen molar-refractivity contribution in [1.82, 2.24) is 29.9 Å². The van der Waals surface area contributed by atoms with Gasteiger partial charge in [-0.1, -0.05) is 36.3 Å². The molecule has 7 heteroatoms. The van der Waals surface area contributed by atoms with Gasteiger partial charge in [0.1, 0.15) is 0 Å². The van der Waals surface area contributed by atoms with Crippen molar-refractivity contribution in [2.75, 3.05) is 0 Å². The molecule has 0 aromatic carbocycles. The van der Waals surface area contributed by atoms with Crippen molar-refractivity contribution in [2.45, 2.75) is 0 Å². The Morgan fingerprint density at radius 3 is 0.897 bits per heavy atom. The Balaban J connectivity index is 0.000000160. The van der Waals surface area contributed by atoms with Crippen LogP contribution in [0.15, 0.2) is 140 Å². The van der Waals surface area contributed by atoms with Gasteiger partial charge in [-0.15, -0.1) is 6.42 Å². The van der Waals surface area contributed by atoms with Crippen LogP contribution in [0.25, 0.3) is 34.2 Å². The fourth-order valence-electron chi connectivity index (χ4n) is 3.20. The van der Waals surface area contributed by atoms with Gasteiger partial charge in [-0.05, 0) is 72.8 Å². The molecule has 0 unspecified atom stereocenters. The van der Waals surface area contributed by atoms with Gasteiger partial charge in [0.05, 0.1) is 34.2 Å². The first-order valence-electron chi connectivity index (χ1n) is 11.8. The first kappa shape index (κ1) is 28.7. The molecule has 6 rings (SSSR count). The number of aromatic nitrogens is 6. The summed E-state index contributed by atoms with van der Waals surface area (Å²) in [6.45, 7) is 0. The first-order valence-corrected chi connectivity index (χ1v) is 11.8. The molecule has 0 aliphatic carbocycles. The van der Waals surface area contributed by atoms with Crippen LogP contribution in [0.1, 0.15) is 5.56 Å². The Morgan fingerprint density at radius 1 is 0.385 bits per heavy atom. The van der Waals surface area contributed by atoms with Gasteiger partial charge in [0.2, 0.25) is 0 Å². The minimum Gasteiger partial charge on any atom is -0.255 e. The summed E-state index contributed by atoms with van der Waals surface area (Å²) in [4.78, 5) is 25.2. The van der Waals surface area contributed by atoms with E-state index < -0.39 is 0 Å². The van der Waals surface area contributed by atoms with E-state index in [4.69, 9.17) is 6.42 Å². The third-order valence-corrected chi connectivity index (χ3v) is 5.04. The summed E-state index contributed by atoms with van der Waals surface area (Å²) in [6.07, 6.45) is 15.7. The molecule has 0 aliphatic rings. The molecule has 0 radical (unpaired) electrons. The van der Waals surface area contributed by atoms with Crippen LogP contribution in [0.4, 0.5) is 0 Å². The Morgan fingerprint density at radius 2 is 0.692 bits per heavy atom. The van der Waals surface area contributed by atoms with E-state index in [-0.39, 0.29) is 19.5 Å². The largest absolute Gasteiger partial charge is 0.255 e. The second kappa shape index (κ2) is 16.0. The van der Waals surface area contributed by atoms with Crippen molar-refractivity contribution in [3.8, 4) is 46.5 Å². The molecule has 0 N–H and O–H groups in total. The standard InChI is InChI=1S/C12H8N2.2C10H8N2.Ru/c1-2-10-6-7-12(14-9-10)11-5-3-4-8-13-11;2*1-3-7-11-9(5-1)10-6-2-4-8-12-10;/h1,3-9H;2*1-8H;. The molecule has 6 aromatic rings. The van der Waals surface area contributed by atoms with Gasteiger partial charge >= 0.3 is 0 Å². The Hall–Kier alpha value is -4.92. The van der Waals surface area contributed by atoms with Crippen molar-refractivity contribution in [3.05, 3.63) is 146 Å². The quantitative estimate of drug-likeness (QED) is 0.174. The molecule has 6 aromatic heterocycles. The smallest absolute Gasteiger partial charge is 0.0887 e. The first-order chi connectivity index (χ1) is 18.8. The third-order valence-electron chi connectivity index (χ3n) is 5.04. The average molecular weight is 594 g/mol. The van der Waals surface area contributed by atoms with Gasteiger partial charge in [-0.2, -0.15) is 0 Å². The van der Waals surface area contributed by atoms with E-state index >= 15 is 0 Å². The van der Waals surface area contributed by atoms with E-state index in [1.807, 2.05) is 103 Å². The number of hydrogen-bond acceptors (Lipinski definition) is 6. The molecule has 6 nitrogen and oxygen atoms in total. The minimum absolute atomic E-state index is 0. The molecular weight excluding hydrogens is 569 g/mol. The van der Waals surface area contributed by atoms with Crippen LogP contribution in [-0.4, -0.2) is 29.9 Å². The van der Waals surface area contributed by atoms with Gasteiger partial charge in [0.15, 0.2) is 0 Å². The Labute approximate surface area is 241 Å². The van der Waals surface area contributed by atoms with Crippen LogP contribution in [0.3, 0.4) is 0 Å². The predicted octanol–water partition coefficient (Wildman–Crippen LogP) is 6.41. The van der Waals surface area contributed by atoms with Gasteiger partial charge in [-0.3, -0.25) is 29.9 Å². The maximum Gasteiger partial charge on any atom is 0.0887 e. The predicted molar refractivity (Wildman–Crippen MR) is 150 cm³/mol. The molecule has 0 fully saturated rings. The van der Waals surface area contributed by atoms with Crippen molar-refractivity contribution in [2.24, 2.45) is 0 Å². The Kier molecular flexibility index (Phi) is 11.8. The zero-order chi connectivity index (χ0) is 26.3. The van der Waals surface area contributed by atoms with Crippen molar-refractivity contribution in [1.29, 1.82) is 0 Å². The van der Waals surface area contributed by atoms with E-state index in [1.165, 1.54) is 0 Å². The van der Waals surface area contributed by atoms with Crippen LogP contribution < -0.4 is 0 Å². The summed E-state index contributed by atoms with van der Waals surface area (Å²) in [5.74, 6) is 2.52. The monoisotopic (exact) mass is 594 g/mol. The van der Waals surface area contributed by atoms with Crippen LogP contribution in [0.2, 0.25) is 0 Å². The fourth-order valence-corrected chi connectivity index (χ4v) is 3.20. The zero-order valence-electron chi connectivity index (χ0n) is 20.9. The van der Waals surface area contributed by atoms with Crippen molar-refractivity contribution in [3.63, 3.8) is 0 Å². The Bertz CT molecular complexity index is 1380. The SMILES string of the molecule is C#Cc1ccc(-c2ccccn2)nc1.[Ru].c1ccc(-c2ccccn2)nc1.c1ccc(-c2ccccn2)nc1. The average Bonchev–Trinajstić information content (AvgIpc) is 3.04. The molecular formula is C32H24N6Ru. The fraction of sp³-hybridized carbons (Fsp3) is 0. The molecule has 0 bridgehead atoms. The molecule has 0 saturated carbocycles. The van der Waals surface area contributed by atoms with Crippen LogP contribution in [-0.2, 0) is 19.5 Å². The van der Waals surface area contributed by atoms with Crippen molar-refractivity contribution >= 4 is 0 Å². The molecule has 0 amide bonds. The number of nitrogens with zero attached hydrogens (tertiary/aromatic N) is 6. The van der Waals surface area contributed by atoms with E-state index in [0.29, 0.717) is 0 Å². The van der Waals surface area contributed by atoms with Crippen molar-refractivity contribution < 1.29 is 19.5 Å². The maximum atomic E-state index is 5.23. The number of terminal acetylenes is 1. The summed E-state index contributed by atoms with van der Waals surface area (Å²) in [6, 6.07) is 32.6. The molecule has 6 heterocycles. The van der Waals surface area contributed by atoms with Gasteiger partial charge in [0.25, 0.3) is 0 Å². The molecule has 0 aliphatic heterocycles. The second-order valence-electron chi connectivity index (χ2n) is 7.65. The number of rotatable bonds is 3. The minimum atomic E-state index is 0. The zero-order valence-corrected chi connectivity index (χ0v) is 22.6. The molecule has 0 saturated heterocycles. The van der Waals surface area contributed by atoms with E-state index in [0.717, 1.165) is 39.7 Å². The summed E-state index contributed by atoms with van der Waals surface area (Å²) < 4.78 is 0. The van der Waals surface area contributed by atoms with E-state index in [9.17, 15) is 0 Å². The van der Waals surface area contributed by atoms with Gasteiger partial charge in [-0.25, -0.2) is 0 Å².